The van der Waals surface area contributed by atoms with Gasteiger partial charge in [0.05, 0.1) is 0 Å². The fourth-order valence-electron chi connectivity index (χ4n) is 2.78. The SMILES string of the molecule is O=C(O)[C@H]1Cc2ccccc2CN1S(=O)(=O)/C=C/c1ccccc1. The van der Waals surface area contributed by atoms with E-state index in [4.69, 9.17) is 0 Å². The van der Waals surface area contributed by atoms with Crippen LogP contribution >= 0.6 is 0 Å². The predicted octanol–water partition coefficient (Wildman–Crippen LogP) is 2.50. The van der Waals surface area contributed by atoms with E-state index in [0.717, 1.165) is 26.4 Å². The van der Waals surface area contributed by atoms with Crippen molar-refractivity contribution in [2.45, 2.75) is 19.0 Å². The maximum Gasteiger partial charge on any atom is 0.322 e. The quantitative estimate of drug-likeness (QED) is 0.925. The van der Waals surface area contributed by atoms with Crippen LogP contribution in [0.3, 0.4) is 0 Å². The highest BCUT2D eigenvalue weighted by molar-refractivity contribution is 7.92. The first-order valence-corrected chi connectivity index (χ1v) is 9.02. The highest BCUT2D eigenvalue weighted by atomic mass is 32.2. The number of benzene rings is 2. The monoisotopic (exact) mass is 343 g/mol. The lowest BCUT2D eigenvalue weighted by Gasteiger charge is -2.32. The summed E-state index contributed by atoms with van der Waals surface area (Å²) >= 11 is 0. The van der Waals surface area contributed by atoms with Gasteiger partial charge in [0.25, 0.3) is 0 Å². The van der Waals surface area contributed by atoms with Crippen LogP contribution in [0.2, 0.25) is 0 Å². The number of aliphatic carboxylic acids is 1. The Morgan fingerprint density at radius 1 is 1.04 bits per heavy atom. The van der Waals surface area contributed by atoms with Crippen LogP contribution in [0.25, 0.3) is 6.08 Å². The van der Waals surface area contributed by atoms with E-state index in [2.05, 4.69) is 0 Å². The summed E-state index contributed by atoms with van der Waals surface area (Å²) in [6.45, 7) is 0.0641. The molecule has 124 valence electrons. The lowest BCUT2D eigenvalue weighted by atomic mass is 9.96. The number of carbonyl (C=O) groups is 1. The summed E-state index contributed by atoms with van der Waals surface area (Å²) in [5, 5.41) is 10.5. The fraction of sp³-hybridized carbons (Fsp3) is 0.167. The van der Waals surface area contributed by atoms with Crippen LogP contribution in [-0.2, 0) is 27.8 Å². The molecule has 1 heterocycles. The summed E-state index contributed by atoms with van der Waals surface area (Å²) in [5.74, 6) is -1.14. The molecule has 0 amide bonds. The minimum Gasteiger partial charge on any atom is -0.480 e. The molecule has 1 N–H and O–H groups in total. The van der Waals surface area contributed by atoms with E-state index >= 15 is 0 Å². The largest absolute Gasteiger partial charge is 0.480 e. The Balaban J connectivity index is 1.93. The zero-order valence-corrected chi connectivity index (χ0v) is 13.7. The van der Waals surface area contributed by atoms with Gasteiger partial charge >= 0.3 is 5.97 Å². The number of carboxylic acids is 1. The third-order valence-electron chi connectivity index (χ3n) is 4.05. The standard InChI is InChI=1S/C18H17NO4S/c20-18(21)17-12-15-8-4-5-9-16(15)13-19(17)24(22,23)11-10-14-6-2-1-3-7-14/h1-11,17H,12-13H2,(H,20,21)/b11-10+/t17-/m1/s1. The van der Waals surface area contributed by atoms with Crippen LogP contribution in [0.1, 0.15) is 16.7 Å². The van der Waals surface area contributed by atoms with Crippen molar-refractivity contribution < 1.29 is 18.3 Å². The first-order valence-electron chi connectivity index (χ1n) is 7.52. The average Bonchev–Trinajstić information content (AvgIpc) is 2.60. The van der Waals surface area contributed by atoms with Crippen LogP contribution in [-0.4, -0.2) is 29.8 Å². The maximum absolute atomic E-state index is 12.7. The van der Waals surface area contributed by atoms with Gasteiger partial charge in [-0.15, -0.1) is 0 Å². The van der Waals surface area contributed by atoms with Gasteiger partial charge in [0.15, 0.2) is 0 Å². The minimum atomic E-state index is -3.85. The first kappa shape index (κ1) is 16.4. The van der Waals surface area contributed by atoms with Crippen molar-refractivity contribution in [3.05, 3.63) is 76.7 Å². The molecule has 3 rings (SSSR count). The molecule has 0 fully saturated rings. The normalized spacial score (nSPS) is 18.4. The van der Waals surface area contributed by atoms with Crippen molar-refractivity contribution in [1.29, 1.82) is 0 Å². The fourth-order valence-corrected chi connectivity index (χ4v) is 4.11. The molecule has 2 aromatic rings. The molecule has 0 unspecified atom stereocenters. The zero-order chi connectivity index (χ0) is 17.2. The van der Waals surface area contributed by atoms with Crippen molar-refractivity contribution in [2.75, 3.05) is 0 Å². The predicted molar refractivity (Wildman–Crippen MR) is 91.5 cm³/mol. The van der Waals surface area contributed by atoms with Gasteiger partial charge < -0.3 is 5.11 Å². The summed E-state index contributed by atoms with van der Waals surface area (Å²) in [5.41, 5.74) is 2.46. The van der Waals surface area contributed by atoms with Crippen LogP contribution < -0.4 is 0 Å². The Hall–Kier alpha value is -2.44. The highest BCUT2D eigenvalue weighted by Gasteiger charge is 2.37. The summed E-state index contributed by atoms with van der Waals surface area (Å²) in [6.07, 6.45) is 1.65. The Morgan fingerprint density at radius 2 is 1.67 bits per heavy atom. The van der Waals surface area contributed by atoms with Crippen molar-refractivity contribution in [1.82, 2.24) is 4.31 Å². The van der Waals surface area contributed by atoms with Crippen LogP contribution in [0, 0.1) is 0 Å². The topological polar surface area (TPSA) is 74.7 Å². The van der Waals surface area contributed by atoms with Crippen molar-refractivity contribution in [3.8, 4) is 0 Å². The molecule has 24 heavy (non-hydrogen) atoms. The Labute approximate surface area is 140 Å². The third kappa shape index (κ3) is 3.39. The van der Waals surface area contributed by atoms with Crippen molar-refractivity contribution >= 4 is 22.1 Å². The van der Waals surface area contributed by atoms with Gasteiger partial charge in [-0.2, -0.15) is 4.31 Å². The smallest absolute Gasteiger partial charge is 0.322 e. The molecule has 6 heteroatoms. The van der Waals surface area contributed by atoms with Gasteiger partial charge in [0, 0.05) is 18.4 Å². The van der Waals surface area contributed by atoms with E-state index in [1.165, 1.54) is 6.08 Å². The molecule has 2 aromatic carbocycles. The summed E-state index contributed by atoms with van der Waals surface area (Å²) in [7, 11) is -3.85. The van der Waals surface area contributed by atoms with Gasteiger partial charge in [-0.3, -0.25) is 4.79 Å². The molecule has 0 aromatic heterocycles. The Morgan fingerprint density at radius 3 is 2.33 bits per heavy atom. The molecule has 0 radical (unpaired) electrons. The van der Waals surface area contributed by atoms with Gasteiger partial charge in [-0.05, 0) is 22.8 Å². The van der Waals surface area contributed by atoms with Crippen LogP contribution in [0.15, 0.2) is 60.0 Å². The molecule has 0 aliphatic carbocycles. The number of hydrogen-bond acceptors (Lipinski definition) is 3. The van der Waals surface area contributed by atoms with E-state index in [-0.39, 0.29) is 13.0 Å². The van der Waals surface area contributed by atoms with E-state index in [9.17, 15) is 18.3 Å². The minimum absolute atomic E-state index is 0.0641. The highest BCUT2D eigenvalue weighted by Crippen LogP contribution is 2.26. The van der Waals surface area contributed by atoms with Gasteiger partial charge in [-0.25, -0.2) is 8.42 Å². The number of fused-ring (bicyclic) bond motifs is 1. The molecular weight excluding hydrogens is 326 g/mol. The summed E-state index contributed by atoms with van der Waals surface area (Å²) < 4.78 is 26.4. The molecule has 0 bridgehead atoms. The van der Waals surface area contributed by atoms with E-state index in [1.807, 2.05) is 42.5 Å². The number of carboxylic acid groups (broad SMARTS) is 1. The molecule has 1 atom stereocenters. The summed E-state index contributed by atoms with van der Waals surface area (Å²) in [4.78, 5) is 11.6. The number of hydrogen-bond donors (Lipinski definition) is 1. The molecular formula is C18H17NO4S. The van der Waals surface area contributed by atoms with Gasteiger partial charge in [-0.1, -0.05) is 54.6 Å². The number of nitrogens with zero attached hydrogens (tertiary/aromatic N) is 1. The lowest BCUT2D eigenvalue weighted by molar-refractivity contribution is -0.141. The summed E-state index contributed by atoms with van der Waals surface area (Å²) in [6, 6.07) is 15.3. The second-order valence-electron chi connectivity index (χ2n) is 5.63. The van der Waals surface area contributed by atoms with Crippen LogP contribution in [0.5, 0.6) is 0 Å². The molecule has 0 saturated heterocycles. The first-order chi connectivity index (χ1) is 11.5. The van der Waals surface area contributed by atoms with Gasteiger partial charge in [0.2, 0.25) is 10.0 Å². The van der Waals surface area contributed by atoms with Crippen molar-refractivity contribution in [3.63, 3.8) is 0 Å². The maximum atomic E-state index is 12.7. The average molecular weight is 343 g/mol. The molecule has 0 saturated carbocycles. The second kappa shape index (κ2) is 6.59. The number of sulfonamides is 1. The number of rotatable bonds is 4. The second-order valence-corrected chi connectivity index (χ2v) is 7.40. The third-order valence-corrected chi connectivity index (χ3v) is 5.57. The lowest BCUT2D eigenvalue weighted by Crippen LogP contribution is -2.47. The molecule has 5 nitrogen and oxygen atoms in total. The van der Waals surface area contributed by atoms with E-state index in [0.29, 0.717) is 0 Å². The van der Waals surface area contributed by atoms with Gasteiger partial charge in [0.1, 0.15) is 6.04 Å². The Bertz CT molecular complexity index is 875. The van der Waals surface area contributed by atoms with Crippen LogP contribution in [0.4, 0.5) is 0 Å². The Kier molecular flexibility index (Phi) is 4.51. The zero-order valence-electron chi connectivity index (χ0n) is 12.9. The van der Waals surface area contributed by atoms with E-state index in [1.54, 1.807) is 12.1 Å². The van der Waals surface area contributed by atoms with E-state index < -0.39 is 22.0 Å². The molecule has 1 aliphatic heterocycles. The molecule has 0 spiro atoms. The van der Waals surface area contributed by atoms with Crippen molar-refractivity contribution in [2.24, 2.45) is 0 Å². The molecule has 1 aliphatic rings.